The first-order valence-corrected chi connectivity index (χ1v) is 7.04. The van der Waals surface area contributed by atoms with Crippen molar-refractivity contribution in [3.63, 3.8) is 0 Å². The first kappa shape index (κ1) is 12.9. The highest BCUT2D eigenvalue weighted by Crippen LogP contribution is 2.23. The standard InChI is InChI=1S/C11H17BrN2S/c1-14(6-7-15-2)8-9-10(12)4-3-5-11(9)13/h3-5H,6-8,13H2,1-2H3. The van der Waals surface area contributed by atoms with Gasteiger partial charge in [-0.05, 0) is 25.4 Å². The zero-order chi connectivity index (χ0) is 11.3. The monoisotopic (exact) mass is 288 g/mol. The smallest absolute Gasteiger partial charge is 0.0371 e. The normalized spacial score (nSPS) is 10.9. The molecule has 0 saturated heterocycles. The Morgan fingerprint density at radius 1 is 1.47 bits per heavy atom. The third-order valence-corrected chi connectivity index (χ3v) is 3.59. The van der Waals surface area contributed by atoms with Crippen molar-refractivity contribution in [2.24, 2.45) is 0 Å². The van der Waals surface area contributed by atoms with Gasteiger partial charge < -0.3 is 10.6 Å². The van der Waals surface area contributed by atoms with Crippen LogP contribution in [0.5, 0.6) is 0 Å². The molecule has 15 heavy (non-hydrogen) atoms. The van der Waals surface area contributed by atoms with Crippen molar-refractivity contribution in [3.05, 3.63) is 28.2 Å². The fraction of sp³-hybridized carbons (Fsp3) is 0.455. The topological polar surface area (TPSA) is 29.3 Å². The summed E-state index contributed by atoms with van der Waals surface area (Å²) < 4.78 is 1.10. The number of nitrogens with two attached hydrogens (primary N) is 1. The van der Waals surface area contributed by atoms with Gasteiger partial charge in [0.05, 0.1) is 0 Å². The van der Waals surface area contributed by atoms with Gasteiger partial charge in [0.15, 0.2) is 0 Å². The molecule has 0 aliphatic rings. The fourth-order valence-corrected chi connectivity index (χ4v) is 2.34. The van der Waals surface area contributed by atoms with E-state index in [1.165, 1.54) is 5.56 Å². The maximum absolute atomic E-state index is 5.94. The van der Waals surface area contributed by atoms with Gasteiger partial charge in [-0.2, -0.15) is 11.8 Å². The Labute approximate surface area is 104 Å². The van der Waals surface area contributed by atoms with Crippen LogP contribution in [0.1, 0.15) is 5.56 Å². The highest BCUT2D eigenvalue weighted by atomic mass is 79.9. The summed E-state index contributed by atoms with van der Waals surface area (Å²) in [6.07, 6.45) is 2.13. The van der Waals surface area contributed by atoms with Crippen LogP contribution in [-0.2, 0) is 6.54 Å². The van der Waals surface area contributed by atoms with E-state index in [1.54, 1.807) is 0 Å². The van der Waals surface area contributed by atoms with E-state index in [0.717, 1.165) is 29.0 Å². The Morgan fingerprint density at radius 3 is 2.80 bits per heavy atom. The molecule has 1 aromatic rings. The molecule has 0 saturated carbocycles. The molecular formula is C11H17BrN2S. The van der Waals surface area contributed by atoms with Gasteiger partial charge in [0, 0.05) is 34.6 Å². The van der Waals surface area contributed by atoms with Crippen LogP contribution in [-0.4, -0.2) is 30.5 Å². The van der Waals surface area contributed by atoms with Crippen LogP contribution in [0.25, 0.3) is 0 Å². The second kappa shape index (κ2) is 6.40. The van der Waals surface area contributed by atoms with Crippen LogP contribution in [0.4, 0.5) is 5.69 Å². The quantitative estimate of drug-likeness (QED) is 0.845. The van der Waals surface area contributed by atoms with Crippen molar-refractivity contribution in [1.29, 1.82) is 0 Å². The number of benzene rings is 1. The van der Waals surface area contributed by atoms with Crippen LogP contribution in [0.2, 0.25) is 0 Å². The first-order valence-electron chi connectivity index (χ1n) is 4.85. The van der Waals surface area contributed by atoms with Gasteiger partial charge >= 0.3 is 0 Å². The maximum Gasteiger partial charge on any atom is 0.0371 e. The minimum absolute atomic E-state index is 0.861. The Morgan fingerprint density at radius 2 is 2.20 bits per heavy atom. The minimum atomic E-state index is 0.861. The molecule has 0 aromatic heterocycles. The van der Waals surface area contributed by atoms with Crippen molar-refractivity contribution < 1.29 is 0 Å². The van der Waals surface area contributed by atoms with E-state index >= 15 is 0 Å². The summed E-state index contributed by atoms with van der Waals surface area (Å²) in [5, 5.41) is 0. The first-order chi connectivity index (χ1) is 7.15. The molecule has 0 heterocycles. The van der Waals surface area contributed by atoms with E-state index in [0.29, 0.717) is 0 Å². The minimum Gasteiger partial charge on any atom is -0.398 e. The van der Waals surface area contributed by atoms with E-state index in [9.17, 15) is 0 Å². The van der Waals surface area contributed by atoms with Crippen molar-refractivity contribution in [2.45, 2.75) is 6.54 Å². The number of nitrogens with zero attached hydrogens (tertiary/aromatic N) is 1. The number of anilines is 1. The highest BCUT2D eigenvalue weighted by molar-refractivity contribution is 9.10. The predicted molar refractivity (Wildman–Crippen MR) is 73.3 cm³/mol. The molecule has 2 nitrogen and oxygen atoms in total. The van der Waals surface area contributed by atoms with Gasteiger partial charge in [0.2, 0.25) is 0 Å². The third kappa shape index (κ3) is 4.05. The lowest BCUT2D eigenvalue weighted by Gasteiger charge is -2.18. The van der Waals surface area contributed by atoms with Crippen LogP contribution in [0.3, 0.4) is 0 Å². The Balaban J connectivity index is 2.63. The molecule has 0 radical (unpaired) electrons. The van der Waals surface area contributed by atoms with Gasteiger partial charge in [0.25, 0.3) is 0 Å². The number of hydrogen-bond acceptors (Lipinski definition) is 3. The maximum atomic E-state index is 5.94. The summed E-state index contributed by atoms with van der Waals surface area (Å²) in [7, 11) is 2.12. The van der Waals surface area contributed by atoms with Crippen LogP contribution in [0.15, 0.2) is 22.7 Å². The molecule has 4 heteroatoms. The lowest BCUT2D eigenvalue weighted by Crippen LogP contribution is -2.21. The molecule has 0 atom stereocenters. The zero-order valence-electron chi connectivity index (χ0n) is 9.16. The van der Waals surface area contributed by atoms with E-state index in [2.05, 4.69) is 34.1 Å². The summed E-state index contributed by atoms with van der Waals surface area (Å²) in [6, 6.07) is 5.95. The van der Waals surface area contributed by atoms with Gasteiger partial charge in [-0.1, -0.05) is 22.0 Å². The van der Waals surface area contributed by atoms with Gasteiger partial charge in [0.1, 0.15) is 0 Å². The SMILES string of the molecule is CSCCN(C)Cc1c(N)cccc1Br. The Kier molecular flexibility index (Phi) is 5.50. The van der Waals surface area contributed by atoms with E-state index in [-0.39, 0.29) is 0 Å². The summed E-state index contributed by atoms with van der Waals surface area (Å²) in [5.74, 6) is 1.15. The third-order valence-electron chi connectivity index (χ3n) is 2.26. The summed E-state index contributed by atoms with van der Waals surface area (Å²) in [6.45, 7) is 1.98. The second-order valence-corrected chi connectivity index (χ2v) is 5.38. The molecular weight excluding hydrogens is 272 g/mol. The number of nitrogen functional groups attached to an aromatic ring is 1. The number of hydrogen-bond donors (Lipinski definition) is 1. The molecule has 0 spiro atoms. The molecule has 1 aromatic carbocycles. The summed E-state index contributed by atoms with van der Waals surface area (Å²) in [5.41, 5.74) is 7.98. The van der Waals surface area contributed by atoms with Crippen molar-refractivity contribution in [3.8, 4) is 0 Å². The number of rotatable bonds is 5. The summed E-state index contributed by atoms with van der Waals surface area (Å²) >= 11 is 5.40. The van der Waals surface area contributed by atoms with Crippen LogP contribution < -0.4 is 5.73 Å². The van der Waals surface area contributed by atoms with Crippen molar-refractivity contribution in [2.75, 3.05) is 31.3 Å². The van der Waals surface area contributed by atoms with Crippen LogP contribution >= 0.6 is 27.7 Å². The Bertz CT molecular complexity index is 297. The van der Waals surface area contributed by atoms with Gasteiger partial charge in [-0.25, -0.2) is 0 Å². The van der Waals surface area contributed by atoms with Crippen molar-refractivity contribution >= 4 is 33.4 Å². The van der Waals surface area contributed by atoms with Crippen molar-refractivity contribution in [1.82, 2.24) is 4.90 Å². The van der Waals surface area contributed by atoms with Gasteiger partial charge in [-0.3, -0.25) is 0 Å². The lowest BCUT2D eigenvalue weighted by molar-refractivity contribution is 0.348. The summed E-state index contributed by atoms with van der Waals surface area (Å²) in [4.78, 5) is 2.28. The zero-order valence-corrected chi connectivity index (χ0v) is 11.6. The van der Waals surface area contributed by atoms with E-state index < -0.39 is 0 Å². The molecule has 0 bridgehead atoms. The lowest BCUT2D eigenvalue weighted by atomic mass is 10.2. The average Bonchev–Trinajstić information content (AvgIpc) is 2.21. The van der Waals surface area contributed by atoms with E-state index in [4.69, 9.17) is 5.73 Å². The van der Waals surface area contributed by atoms with Gasteiger partial charge in [-0.15, -0.1) is 0 Å². The second-order valence-electron chi connectivity index (χ2n) is 3.54. The number of halogens is 1. The molecule has 0 fully saturated rings. The molecule has 84 valence electrons. The van der Waals surface area contributed by atoms with E-state index in [1.807, 2.05) is 30.0 Å². The predicted octanol–water partition coefficient (Wildman–Crippen LogP) is 2.83. The molecule has 0 amide bonds. The fourth-order valence-electron chi connectivity index (χ4n) is 1.34. The highest BCUT2D eigenvalue weighted by Gasteiger charge is 2.06. The Hall–Kier alpha value is -0.190. The molecule has 0 aliphatic heterocycles. The molecule has 0 unspecified atom stereocenters. The molecule has 1 rings (SSSR count). The van der Waals surface area contributed by atoms with Crippen LogP contribution in [0, 0.1) is 0 Å². The molecule has 2 N–H and O–H groups in total. The largest absolute Gasteiger partial charge is 0.398 e. The molecule has 0 aliphatic carbocycles. The number of thioether (sulfide) groups is 1. The average molecular weight is 289 g/mol.